The van der Waals surface area contributed by atoms with Gasteiger partial charge in [0.1, 0.15) is 5.82 Å². The predicted octanol–water partition coefficient (Wildman–Crippen LogP) is 3.44. The molecule has 6 heteroatoms. The van der Waals surface area contributed by atoms with E-state index in [9.17, 15) is 17.6 Å². The van der Waals surface area contributed by atoms with Crippen molar-refractivity contribution >= 4 is 15.7 Å². The van der Waals surface area contributed by atoms with Crippen molar-refractivity contribution < 1.29 is 17.6 Å². The van der Waals surface area contributed by atoms with E-state index in [0.29, 0.717) is 17.7 Å². The fraction of sp³-hybridized carbons (Fsp3) is 0.350. The Morgan fingerprint density at radius 1 is 0.923 bits per heavy atom. The standard InChI is InChI=1S/C20H20FNO3S/c21-19-9-5-4-8-18(19)20(23)22-14-10-11-15(22)13-17(12-14)26(24,25)16-6-2-1-3-7-16/h1-9,14-15,17H,10-13H2. The molecule has 1 amide bonds. The minimum atomic E-state index is -3.42. The molecule has 2 bridgehead atoms. The van der Waals surface area contributed by atoms with Gasteiger partial charge in [-0.3, -0.25) is 4.79 Å². The normalized spacial score (nSPS) is 25.3. The molecule has 0 N–H and O–H groups in total. The summed E-state index contributed by atoms with van der Waals surface area (Å²) in [5, 5.41) is -0.493. The summed E-state index contributed by atoms with van der Waals surface area (Å²) >= 11 is 0. The summed E-state index contributed by atoms with van der Waals surface area (Å²) in [6.07, 6.45) is 2.36. The third-order valence-corrected chi connectivity index (χ3v) is 7.73. The Kier molecular flexibility index (Phi) is 4.31. The molecule has 0 saturated carbocycles. The Labute approximate surface area is 152 Å². The van der Waals surface area contributed by atoms with E-state index in [2.05, 4.69) is 0 Å². The topological polar surface area (TPSA) is 54.5 Å². The smallest absolute Gasteiger partial charge is 0.257 e. The summed E-state index contributed by atoms with van der Waals surface area (Å²) in [5.41, 5.74) is 0.0637. The zero-order valence-corrected chi connectivity index (χ0v) is 15.0. The molecule has 2 aliphatic heterocycles. The van der Waals surface area contributed by atoms with Gasteiger partial charge in [0, 0.05) is 12.1 Å². The first kappa shape index (κ1) is 17.2. The molecule has 2 atom stereocenters. The Hall–Kier alpha value is -2.21. The van der Waals surface area contributed by atoms with Crippen molar-refractivity contribution in [3.05, 3.63) is 66.0 Å². The van der Waals surface area contributed by atoms with Gasteiger partial charge < -0.3 is 4.90 Å². The quantitative estimate of drug-likeness (QED) is 0.828. The van der Waals surface area contributed by atoms with Crippen LogP contribution in [0.2, 0.25) is 0 Å². The molecule has 0 radical (unpaired) electrons. The number of sulfone groups is 1. The molecule has 2 aliphatic rings. The molecule has 26 heavy (non-hydrogen) atoms. The number of hydrogen-bond donors (Lipinski definition) is 0. The molecule has 0 spiro atoms. The molecule has 2 aromatic carbocycles. The Balaban J connectivity index is 1.59. The SMILES string of the molecule is O=C(c1ccccc1F)N1C2CCC1CC(S(=O)(=O)c1ccccc1)C2. The molecule has 4 rings (SSSR count). The second kappa shape index (κ2) is 6.50. The van der Waals surface area contributed by atoms with Crippen LogP contribution in [0.4, 0.5) is 4.39 Å². The van der Waals surface area contributed by atoms with Crippen LogP contribution >= 0.6 is 0 Å². The summed E-state index contributed by atoms with van der Waals surface area (Å²) in [6, 6.07) is 14.1. The number of carbonyl (C=O) groups is 1. The zero-order valence-electron chi connectivity index (χ0n) is 14.2. The van der Waals surface area contributed by atoms with Crippen molar-refractivity contribution in [1.29, 1.82) is 0 Å². The van der Waals surface area contributed by atoms with Gasteiger partial charge in [-0.1, -0.05) is 30.3 Å². The van der Waals surface area contributed by atoms with Crippen LogP contribution in [-0.2, 0) is 9.84 Å². The summed E-state index contributed by atoms with van der Waals surface area (Å²) in [4.78, 5) is 14.9. The fourth-order valence-electron chi connectivity index (χ4n) is 4.29. The Morgan fingerprint density at radius 2 is 1.50 bits per heavy atom. The number of nitrogens with zero attached hydrogens (tertiary/aromatic N) is 1. The van der Waals surface area contributed by atoms with Crippen molar-refractivity contribution in [2.45, 2.75) is 47.9 Å². The first-order chi connectivity index (χ1) is 12.5. The number of hydrogen-bond acceptors (Lipinski definition) is 3. The molecule has 2 saturated heterocycles. The molecular formula is C20H20FNO3S. The molecule has 136 valence electrons. The molecule has 2 fully saturated rings. The molecular weight excluding hydrogens is 353 g/mol. The van der Waals surface area contributed by atoms with Gasteiger partial charge in [0.15, 0.2) is 9.84 Å². The average molecular weight is 373 g/mol. The third-order valence-electron chi connectivity index (χ3n) is 5.54. The lowest BCUT2D eigenvalue weighted by atomic mass is 10.0. The minimum Gasteiger partial charge on any atom is -0.333 e. The van der Waals surface area contributed by atoms with Crippen molar-refractivity contribution in [2.75, 3.05) is 0 Å². The number of rotatable bonds is 3. The van der Waals surface area contributed by atoms with E-state index < -0.39 is 20.9 Å². The van der Waals surface area contributed by atoms with Gasteiger partial charge >= 0.3 is 0 Å². The van der Waals surface area contributed by atoms with Crippen LogP contribution in [0.1, 0.15) is 36.0 Å². The van der Waals surface area contributed by atoms with E-state index in [1.54, 1.807) is 47.4 Å². The molecule has 4 nitrogen and oxygen atoms in total. The Bertz CT molecular complexity index is 915. The maximum absolute atomic E-state index is 14.0. The second-order valence-corrected chi connectivity index (χ2v) is 9.26. The molecule has 0 aliphatic carbocycles. The van der Waals surface area contributed by atoms with Gasteiger partial charge in [-0.05, 0) is 49.9 Å². The van der Waals surface area contributed by atoms with Gasteiger partial charge in [-0.25, -0.2) is 12.8 Å². The van der Waals surface area contributed by atoms with E-state index in [4.69, 9.17) is 0 Å². The Morgan fingerprint density at radius 3 is 2.12 bits per heavy atom. The van der Waals surface area contributed by atoms with E-state index in [-0.39, 0.29) is 23.6 Å². The van der Waals surface area contributed by atoms with E-state index in [0.717, 1.165) is 12.8 Å². The largest absolute Gasteiger partial charge is 0.333 e. The lowest BCUT2D eigenvalue weighted by molar-refractivity contribution is 0.0593. The number of halogens is 1. The predicted molar refractivity (Wildman–Crippen MR) is 96.0 cm³/mol. The van der Waals surface area contributed by atoms with Gasteiger partial charge in [0.25, 0.3) is 5.91 Å². The van der Waals surface area contributed by atoms with Crippen molar-refractivity contribution in [3.63, 3.8) is 0 Å². The van der Waals surface area contributed by atoms with E-state index in [1.165, 1.54) is 12.1 Å². The van der Waals surface area contributed by atoms with Gasteiger partial charge in [-0.2, -0.15) is 0 Å². The van der Waals surface area contributed by atoms with Crippen LogP contribution in [-0.4, -0.2) is 36.6 Å². The number of amides is 1. The highest BCUT2D eigenvalue weighted by atomic mass is 32.2. The highest BCUT2D eigenvalue weighted by Crippen LogP contribution is 2.40. The lowest BCUT2D eigenvalue weighted by Gasteiger charge is -2.38. The van der Waals surface area contributed by atoms with Gasteiger partial charge in [0.2, 0.25) is 0 Å². The number of benzene rings is 2. The lowest BCUT2D eigenvalue weighted by Crippen LogP contribution is -2.49. The maximum atomic E-state index is 14.0. The monoisotopic (exact) mass is 373 g/mol. The summed E-state index contributed by atoms with van der Waals surface area (Å²) < 4.78 is 39.9. The van der Waals surface area contributed by atoms with Crippen molar-refractivity contribution in [2.24, 2.45) is 0 Å². The van der Waals surface area contributed by atoms with Crippen LogP contribution in [0, 0.1) is 5.82 Å². The van der Waals surface area contributed by atoms with Crippen molar-refractivity contribution in [1.82, 2.24) is 4.90 Å². The molecule has 2 unspecified atom stereocenters. The average Bonchev–Trinajstić information content (AvgIpc) is 2.91. The summed E-state index contributed by atoms with van der Waals surface area (Å²) in [6.45, 7) is 0. The highest BCUT2D eigenvalue weighted by Gasteiger charge is 2.47. The maximum Gasteiger partial charge on any atom is 0.257 e. The first-order valence-corrected chi connectivity index (χ1v) is 10.4. The molecule has 2 heterocycles. The van der Waals surface area contributed by atoms with E-state index in [1.807, 2.05) is 0 Å². The second-order valence-electron chi connectivity index (χ2n) is 7.03. The van der Waals surface area contributed by atoms with E-state index >= 15 is 0 Å². The van der Waals surface area contributed by atoms with Crippen LogP contribution < -0.4 is 0 Å². The summed E-state index contributed by atoms with van der Waals surface area (Å²) in [7, 11) is -3.42. The molecule has 2 aromatic rings. The zero-order chi connectivity index (χ0) is 18.3. The van der Waals surface area contributed by atoms with Crippen LogP contribution in [0.3, 0.4) is 0 Å². The van der Waals surface area contributed by atoms with Crippen LogP contribution in [0.25, 0.3) is 0 Å². The number of carbonyl (C=O) groups excluding carboxylic acids is 1. The molecule has 0 aromatic heterocycles. The van der Waals surface area contributed by atoms with Crippen molar-refractivity contribution in [3.8, 4) is 0 Å². The van der Waals surface area contributed by atoms with Gasteiger partial charge in [0.05, 0.1) is 15.7 Å². The summed E-state index contributed by atoms with van der Waals surface area (Å²) in [5.74, 6) is -0.859. The minimum absolute atomic E-state index is 0.0637. The first-order valence-electron chi connectivity index (χ1n) is 8.84. The fourth-order valence-corrected chi connectivity index (χ4v) is 6.16. The third kappa shape index (κ3) is 2.82. The van der Waals surface area contributed by atoms with Crippen LogP contribution in [0.5, 0.6) is 0 Å². The number of piperidine rings is 1. The number of fused-ring (bicyclic) bond motifs is 2. The highest BCUT2D eigenvalue weighted by molar-refractivity contribution is 7.92. The van der Waals surface area contributed by atoms with Crippen LogP contribution in [0.15, 0.2) is 59.5 Å². The van der Waals surface area contributed by atoms with Gasteiger partial charge in [-0.15, -0.1) is 0 Å².